The van der Waals surface area contributed by atoms with E-state index in [-0.39, 0.29) is 0 Å². The largest absolute Gasteiger partial charge is 0.161 e. The number of hydrogen-bond acceptors (Lipinski definition) is 7. The van der Waals surface area contributed by atoms with Crippen LogP contribution in [0.3, 0.4) is 0 Å². The second-order valence-electron chi connectivity index (χ2n) is 7.32. The van der Waals surface area contributed by atoms with Crippen molar-refractivity contribution in [3.63, 3.8) is 0 Å². The highest BCUT2D eigenvalue weighted by Gasteiger charge is 2.34. The van der Waals surface area contributed by atoms with Crippen LogP contribution in [0.2, 0.25) is 0 Å². The smallest absolute Gasteiger partial charge is 0.0229 e. The molecule has 3 aliphatic heterocycles. The Morgan fingerprint density at radius 1 is 0.720 bits per heavy atom. The Kier molecular flexibility index (Phi) is 10.8. The van der Waals surface area contributed by atoms with Crippen LogP contribution in [-0.4, -0.2) is 79.0 Å². The lowest BCUT2D eigenvalue weighted by atomic mass is 9.99. The van der Waals surface area contributed by atoms with Gasteiger partial charge in [-0.3, -0.25) is 0 Å². The second kappa shape index (κ2) is 12.2. The van der Waals surface area contributed by atoms with Crippen LogP contribution in [0.15, 0.2) is 0 Å². The van der Waals surface area contributed by atoms with Crippen molar-refractivity contribution in [1.82, 2.24) is 0 Å². The summed E-state index contributed by atoms with van der Waals surface area (Å²) in [5.41, 5.74) is 0.567. The quantitative estimate of drug-likeness (QED) is 0.184. The van der Waals surface area contributed by atoms with Gasteiger partial charge in [0.1, 0.15) is 0 Å². The normalized spacial score (nSPS) is 29.4. The van der Waals surface area contributed by atoms with E-state index in [1.165, 1.54) is 76.1 Å². The fourth-order valence-electron chi connectivity index (χ4n) is 2.50. The van der Waals surface area contributed by atoms with Crippen LogP contribution in [0, 0.1) is 5.41 Å². The molecule has 3 unspecified atom stereocenters. The van der Waals surface area contributed by atoms with Crippen molar-refractivity contribution >= 4 is 82.3 Å². The van der Waals surface area contributed by atoms with Crippen molar-refractivity contribution < 1.29 is 0 Å². The molecule has 0 aliphatic carbocycles. The monoisotopic (exact) mass is 472 g/mol. The van der Waals surface area contributed by atoms with Gasteiger partial charge in [-0.05, 0) is 12.2 Å². The molecule has 3 aliphatic rings. The zero-order valence-electron chi connectivity index (χ0n) is 15.3. The SMILES string of the molecule is CCCCSCC(CSCC1CS1)(CSCC1CS1)CSCC1CS1. The average Bonchev–Trinajstić information content (AvgIpc) is 3.46. The van der Waals surface area contributed by atoms with Gasteiger partial charge >= 0.3 is 0 Å². The molecule has 0 bridgehead atoms. The molecule has 3 saturated heterocycles. The van der Waals surface area contributed by atoms with E-state index in [1.54, 1.807) is 0 Å². The molecular weight excluding hydrogens is 441 g/mol. The Morgan fingerprint density at radius 3 is 1.48 bits per heavy atom. The van der Waals surface area contributed by atoms with Gasteiger partial charge in [0.15, 0.2) is 0 Å². The number of unbranched alkanes of at least 4 members (excludes halogenated alkanes) is 1. The van der Waals surface area contributed by atoms with Crippen molar-refractivity contribution in [3.05, 3.63) is 0 Å². The predicted octanol–water partition coefficient (Wildman–Crippen LogP) is 6.05. The van der Waals surface area contributed by atoms with E-state index in [0.717, 1.165) is 15.7 Å². The summed E-state index contributed by atoms with van der Waals surface area (Å²) >= 11 is 15.6. The first-order valence-electron chi connectivity index (χ1n) is 9.45. The highest BCUT2D eigenvalue weighted by molar-refractivity contribution is 8.09. The Hall–Kier alpha value is 2.45. The molecule has 3 fully saturated rings. The third-order valence-corrected chi connectivity index (χ3v) is 13.7. The van der Waals surface area contributed by atoms with Crippen LogP contribution in [0.5, 0.6) is 0 Å². The van der Waals surface area contributed by atoms with E-state index in [4.69, 9.17) is 0 Å². The van der Waals surface area contributed by atoms with Crippen molar-refractivity contribution in [2.24, 2.45) is 5.41 Å². The molecule has 0 aromatic heterocycles. The maximum absolute atomic E-state index is 2.32. The van der Waals surface area contributed by atoms with Crippen molar-refractivity contribution in [2.75, 3.05) is 63.3 Å². The Labute approximate surface area is 185 Å². The van der Waals surface area contributed by atoms with Gasteiger partial charge in [0.05, 0.1) is 0 Å². The standard InChI is InChI=1S/C18H32S7/c1-2-3-4-19-11-18(12-20-5-15-8-23-15,13-21-6-16-9-24-16)14-22-7-17-10-25-17/h15-17H,2-14H2,1H3. The van der Waals surface area contributed by atoms with Crippen LogP contribution in [0.25, 0.3) is 0 Å². The van der Waals surface area contributed by atoms with Crippen LogP contribution >= 0.6 is 82.3 Å². The third kappa shape index (κ3) is 10.2. The first kappa shape index (κ1) is 22.1. The first-order chi connectivity index (χ1) is 12.3. The van der Waals surface area contributed by atoms with Crippen molar-refractivity contribution in [2.45, 2.75) is 35.5 Å². The molecule has 0 aromatic carbocycles. The second-order valence-corrected chi connectivity index (χ2v) is 15.5. The van der Waals surface area contributed by atoms with Crippen molar-refractivity contribution in [1.29, 1.82) is 0 Å². The van der Waals surface area contributed by atoms with Gasteiger partial charge in [0.25, 0.3) is 0 Å². The molecule has 0 amide bonds. The number of rotatable bonds is 17. The molecule has 0 radical (unpaired) electrons. The fraction of sp³-hybridized carbons (Fsp3) is 1.00. The van der Waals surface area contributed by atoms with Crippen LogP contribution in [-0.2, 0) is 0 Å². The summed E-state index contributed by atoms with van der Waals surface area (Å²) < 4.78 is 0. The van der Waals surface area contributed by atoms with Gasteiger partial charge in [0, 0.05) is 78.7 Å². The zero-order valence-corrected chi connectivity index (χ0v) is 21.0. The lowest BCUT2D eigenvalue weighted by Gasteiger charge is -2.33. The van der Waals surface area contributed by atoms with E-state index in [9.17, 15) is 0 Å². The maximum atomic E-state index is 2.32. The molecule has 7 heteroatoms. The van der Waals surface area contributed by atoms with E-state index >= 15 is 0 Å². The van der Waals surface area contributed by atoms with Crippen molar-refractivity contribution in [3.8, 4) is 0 Å². The minimum absolute atomic E-state index is 0.567. The molecule has 0 nitrogen and oxygen atoms in total. The molecular formula is C18H32S7. The van der Waals surface area contributed by atoms with Crippen LogP contribution < -0.4 is 0 Å². The molecule has 0 saturated carbocycles. The summed E-state index contributed by atoms with van der Waals surface area (Å²) in [6, 6.07) is 0. The topological polar surface area (TPSA) is 0 Å². The first-order valence-corrected chi connectivity index (χ1v) is 17.2. The van der Waals surface area contributed by atoms with E-state index in [1.807, 2.05) is 0 Å². The highest BCUT2D eigenvalue weighted by Crippen LogP contribution is 2.42. The van der Waals surface area contributed by atoms with Gasteiger partial charge < -0.3 is 0 Å². The molecule has 3 heterocycles. The summed E-state index contributed by atoms with van der Waals surface area (Å²) in [6.07, 6.45) is 2.74. The van der Waals surface area contributed by atoms with Gasteiger partial charge in [-0.15, -0.1) is 0 Å². The molecule has 25 heavy (non-hydrogen) atoms. The van der Waals surface area contributed by atoms with Gasteiger partial charge in [0.2, 0.25) is 0 Å². The summed E-state index contributed by atoms with van der Waals surface area (Å²) in [5.74, 6) is 15.4. The van der Waals surface area contributed by atoms with E-state index < -0.39 is 0 Å². The Bertz CT molecular complexity index is 321. The lowest BCUT2D eigenvalue weighted by molar-refractivity contribution is 0.515. The summed E-state index contributed by atoms with van der Waals surface area (Å²) in [4.78, 5) is 0. The highest BCUT2D eigenvalue weighted by atomic mass is 32.2. The maximum Gasteiger partial charge on any atom is 0.0229 e. The fourth-order valence-corrected chi connectivity index (χ4v) is 11.6. The molecule has 3 rings (SSSR count). The molecule has 0 spiro atoms. The molecule has 0 N–H and O–H groups in total. The van der Waals surface area contributed by atoms with E-state index in [2.05, 4.69) is 89.3 Å². The third-order valence-electron chi connectivity index (χ3n) is 4.39. The number of thioether (sulfide) groups is 7. The molecule has 146 valence electrons. The van der Waals surface area contributed by atoms with Gasteiger partial charge in [-0.2, -0.15) is 82.3 Å². The summed E-state index contributed by atoms with van der Waals surface area (Å²) in [6.45, 7) is 2.32. The molecule has 0 aromatic rings. The van der Waals surface area contributed by atoms with Gasteiger partial charge in [-0.25, -0.2) is 0 Å². The molecule has 3 atom stereocenters. The average molecular weight is 473 g/mol. The Balaban J connectivity index is 1.47. The van der Waals surface area contributed by atoms with Crippen LogP contribution in [0.4, 0.5) is 0 Å². The predicted molar refractivity (Wildman–Crippen MR) is 135 cm³/mol. The van der Waals surface area contributed by atoms with Crippen LogP contribution in [0.1, 0.15) is 19.8 Å². The van der Waals surface area contributed by atoms with Gasteiger partial charge in [-0.1, -0.05) is 13.3 Å². The zero-order chi connectivity index (χ0) is 17.4. The lowest BCUT2D eigenvalue weighted by Crippen LogP contribution is -2.34. The minimum atomic E-state index is 0.567. The number of hydrogen-bond donors (Lipinski definition) is 0. The Morgan fingerprint density at radius 2 is 1.12 bits per heavy atom. The summed E-state index contributed by atoms with van der Waals surface area (Å²) in [7, 11) is 0. The van der Waals surface area contributed by atoms with E-state index in [0.29, 0.717) is 5.41 Å². The minimum Gasteiger partial charge on any atom is -0.161 e. The summed E-state index contributed by atoms with van der Waals surface area (Å²) in [5, 5.41) is 2.96.